The highest BCUT2D eigenvalue weighted by molar-refractivity contribution is 7.71. The van der Waals surface area contributed by atoms with E-state index in [-0.39, 0.29) is 17.2 Å². The van der Waals surface area contributed by atoms with Gasteiger partial charge in [0.15, 0.2) is 11.6 Å². The standard InChI is InChI=1S/C14H17N5O4S/c1-4-5-12-16-17-14(24)18(12)15-8-9-6-10(19(20)21)13(23-3)11(7-9)22-2/h6-8H,4-5H2,1-3H3,(H,17,24)/b15-8-. The van der Waals surface area contributed by atoms with Crippen LogP contribution in [-0.4, -0.2) is 40.2 Å². The maximum Gasteiger partial charge on any atom is 0.315 e. The van der Waals surface area contributed by atoms with Gasteiger partial charge in [-0.3, -0.25) is 15.2 Å². The Morgan fingerprint density at radius 2 is 2.21 bits per heavy atom. The average Bonchev–Trinajstić information content (AvgIpc) is 2.92. The first kappa shape index (κ1) is 17.6. The quantitative estimate of drug-likeness (QED) is 0.356. The van der Waals surface area contributed by atoms with Gasteiger partial charge in [0.05, 0.1) is 25.4 Å². The number of hydrogen-bond donors (Lipinski definition) is 1. The number of nitrogens with zero attached hydrogens (tertiary/aromatic N) is 4. The summed E-state index contributed by atoms with van der Waals surface area (Å²) >= 11 is 5.14. The Balaban J connectivity index is 2.47. The minimum atomic E-state index is -0.537. The van der Waals surface area contributed by atoms with Crippen LogP contribution in [0, 0.1) is 14.9 Å². The molecule has 0 bridgehead atoms. The van der Waals surface area contributed by atoms with Crippen molar-refractivity contribution in [3.8, 4) is 11.5 Å². The summed E-state index contributed by atoms with van der Waals surface area (Å²) in [6.07, 6.45) is 3.05. The van der Waals surface area contributed by atoms with Gasteiger partial charge in [0.1, 0.15) is 0 Å². The second-order valence-electron chi connectivity index (χ2n) is 4.78. The molecule has 0 aliphatic rings. The summed E-state index contributed by atoms with van der Waals surface area (Å²) in [5.74, 6) is 0.998. The van der Waals surface area contributed by atoms with Crippen molar-refractivity contribution in [3.05, 3.63) is 38.4 Å². The number of rotatable bonds is 7. The minimum Gasteiger partial charge on any atom is -0.493 e. The zero-order valence-electron chi connectivity index (χ0n) is 13.5. The van der Waals surface area contributed by atoms with Gasteiger partial charge in [-0.1, -0.05) is 6.92 Å². The molecule has 0 atom stereocenters. The molecule has 0 aliphatic heterocycles. The van der Waals surface area contributed by atoms with Gasteiger partial charge in [-0.2, -0.15) is 14.9 Å². The van der Waals surface area contributed by atoms with Crippen molar-refractivity contribution in [1.82, 2.24) is 14.9 Å². The Kier molecular flexibility index (Phi) is 5.64. The zero-order chi connectivity index (χ0) is 17.7. The number of methoxy groups -OCH3 is 2. The van der Waals surface area contributed by atoms with Gasteiger partial charge >= 0.3 is 5.69 Å². The number of aromatic amines is 1. The fourth-order valence-corrected chi connectivity index (χ4v) is 2.33. The maximum absolute atomic E-state index is 11.2. The molecule has 10 heteroatoms. The lowest BCUT2D eigenvalue weighted by Gasteiger charge is -2.08. The smallest absolute Gasteiger partial charge is 0.315 e. The third kappa shape index (κ3) is 3.59. The lowest BCUT2D eigenvalue weighted by Crippen LogP contribution is -2.01. The van der Waals surface area contributed by atoms with Gasteiger partial charge in [-0.05, 0) is 24.7 Å². The molecule has 0 saturated heterocycles. The molecule has 1 aromatic carbocycles. The van der Waals surface area contributed by atoms with Crippen LogP contribution < -0.4 is 9.47 Å². The summed E-state index contributed by atoms with van der Waals surface area (Å²) in [5.41, 5.74) is 0.271. The van der Waals surface area contributed by atoms with Crippen molar-refractivity contribution in [1.29, 1.82) is 0 Å². The van der Waals surface area contributed by atoms with E-state index < -0.39 is 4.92 Å². The van der Waals surface area contributed by atoms with Crippen LogP contribution >= 0.6 is 12.2 Å². The molecule has 1 aromatic heterocycles. The number of nitro benzene ring substituents is 1. The third-order valence-electron chi connectivity index (χ3n) is 3.19. The van der Waals surface area contributed by atoms with Crippen molar-refractivity contribution in [2.45, 2.75) is 19.8 Å². The van der Waals surface area contributed by atoms with Crippen molar-refractivity contribution in [3.63, 3.8) is 0 Å². The number of aromatic nitrogens is 3. The molecule has 0 unspecified atom stereocenters. The fourth-order valence-electron chi connectivity index (χ4n) is 2.13. The Labute approximate surface area is 143 Å². The Bertz CT molecular complexity index is 827. The van der Waals surface area contributed by atoms with E-state index in [9.17, 15) is 10.1 Å². The second kappa shape index (κ2) is 7.68. The molecule has 128 valence electrons. The average molecular weight is 351 g/mol. The van der Waals surface area contributed by atoms with Crippen molar-refractivity contribution < 1.29 is 14.4 Å². The molecule has 0 amide bonds. The van der Waals surface area contributed by atoms with Crippen LogP contribution in [0.1, 0.15) is 24.7 Å². The van der Waals surface area contributed by atoms with Crippen LogP contribution in [0.25, 0.3) is 0 Å². The van der Waals surface area contributed by atoms with Gasteiger partial charge in [0, 0.05) is 18.1 Å². The van der Waals surface area contributed by atoms with Crippen molar-refractivity contribution in [2.75, 3.05) is 14.2 Å². The summed E-state index contributed by atoms with van der Waals surface area (Å²) in [5, 5.41) is 22.3. The molecule has 2 rings (SSSR count). The van der Waals surface area contributed by atoms with Crippen molar-refractivity contribution >= 4 is 24.1 Å². The molecule has 9 nitrogen and oxygen atoms in total. The molecule has 0 fully saturated rings. The molecule has 1 N–H and O–H groups in total. The number of aryl methyl sites for hydroxylation is 1. The van der Waals surface area contributed by atoms with Gasteiger partial charge in [-0.15, -0.1) is 0 Å². The Hall–Kier alpha value is -2.75. The highest BCUT2D eigenvalue weighted by Crippen LogP contribution is 2.37. The predicted molar refractivity (Wildman–Crippen MR) is 90.6 cm³/mol. The number of H-pyrrole nitrogens is 1. The monoisotopic (exact) mass is 351 g/mol. The summed E-state index contributed by atoms with van der Waals surface area (Å²) in [6.45, 7) is 2.02. The Morgan fingerprint density at radius 3 is 2.79 bits per heavy atom. The number of hydrogen-bond acceptors (Lipinski definition) is 7. The van der Waals surface area contributed by atoms with Gasteiger partial charge in [-0.25, -0.2) is 0 Å². The SMILES string of the molecule is CCCc1n[nH]c(=S)n1/N=C\c1cc(OC)c(OC)c([N+](=O)[O-])c1. The van der Waals surface area contributed by atoms with Gasteiger partial charge in [0.2, 0.25) is 10.5 Å². The van der Waals surface area contributed by atoms with E-state index in [0.717, 1.165) is 6.42 Å². The first-order valence-electron chi connectivity index (χ1n) is 7.12. The number of nitrogens with one attached hydrogen (secondary N) is 1. The molecule has 0 aliphatic carbocycles. The molecule has 0 radical (unpaired) electrons. The normalized spacial score (nSPS) is 11.0. The minimum absolute atomic E-state index is 0.0613. The maximum atomic E-state index is 11.2. The van der Waals surface area contributed by atoms with Crippen LogP contribution in [0.4, 0.5) is 5.69 Å². The molecule has 0 spiro atoms. The van der Waals surface area contributed by atoms with Crippen molar-refractivity contribution in [2.24, 2.45) is 5.10 Å². The van der Waals surface area contributed by atoms with E-state index in [2.05, 4.69) is 15.3 Å². The first-order valence-corrected chi connectivity index (χ1v) is 7.53. The number of nitro groups is 1. The predicted octanol–water partition coefficient (Wildman–Crippen LogP) is 2.70. The van der Waals surface area contributed by atoms with Crippen LogP contribution in [0.2, 0.25) is 0 Å². The van der Waals surface area contributed by atoms with Crippen LogP contribution in [0.3, 0.4) is 0 Å². The number of ether oxygens (including phenoxy) is 2. The van der Waals surface area contributed by atoms with Gasteiger partial charge in [0.25, 0.3) is 0 Å². The summed E-state index contributed by atoms with van der Waals surface area (Å²) in [6, 6.07) is 2.95. The van der Waals surface area contributed by atoms with Gasteiger partial charge < -0.3 is 9.47 Å². The van der Waals surface area contributed by atoms with Crippen LogP contribution in [-0.2, 0) is 6.42 Å². The largest absolute Gasteiger partial charge is 0.493 e. The topological polar surface area (TPSA) is 108 Å². The third-order valence-corrected chi connectivity index (χ3v) is 3.46. The highest BCUT2D eigenvalue weighted by Gasteiger charge is 2.21. The van der Waals surface area contributed by atoms with E-state index in [0.29, 0.717) is 22.6 Å². The Morgan fingerprint density at radius 1 is 1.46 bits per heavy atom. The fraction of sp³-hybridized carbons (Fsp3) is 0.357. The van der Waals surface area contributed by atoms with E-state index >= 15 is 0 Å². The summed E-state index contributed by atoms with van der Waals surface area (Å²) < 4.78 is 12.0. The molecular formula is C14H17N5O4S. The lowest BCUT2D eigenvalue weighted by atomic mass is 10.2. The second-order valence-corrected chi connectivity index (χ2v) is 5.17. The molecule has 2 aromatic rings. The van der Waals surface area contributed by atoms with E-state index in [1.54, 1.807) is 6.07 Å². The number of benzene rings is 1. The van der Waals surface area contributed by atoms with Crippen LogP contribution in [0.15, 0.2) is 17.2 Å². The van der Waals surface area contributed by atoms with E-state index in [1.165, 1.54) is 31.2 Å². The summed E-state index contributed by atoms with van der Waals surface area (Å²) in [4.78, 5) is 10.7. The lowest BCUT2D eigenvalue weighted by molar-refractivity contribution is -0.385. The molecule has 1 heterocycles. The zero-order valence-corrected chi connectivity index (χ0v) is 14.3. The summed E-state index contributed by atoms with van der Waals surface area (Å²) in [7, 11) is 2.76. The molecular weight excluding hydrogens is 334 g/mol. The first-order chi connectivity index (χ1) is 11.5. The highest BCUT2D eigenvalue weighted by atomic mass is 32.1. The molecule has 24 heavy (non-hydrogen) atoms. The van der Waals surface area contributed by atoms with E-state index in [4.69, 9.17) is 21.7 Å². The van der Waals surface area contributed by atoms with E-state index in [1.807, 2.05) is 6.92 Å². The van der Waals surface area contributed by atoms with Crippen LogP contribution in [0.5, 0.6) is 11.5 Å². The molecule has 0 saturated carbocycles.